The molecule has 2 heterocycles. The molecule has 4 nitrogen and oxygen atoms in total. The third-order valence-electron chi connectivity index (χ3n) is 4.01. The molecule has 0 amide bonds. The van der Waals surface area contributed by atoms with E-state index < -0.39 is 0 Å². The van der Waals surface area contributed by atoms with Gasteiger partial charge in [-0.25, -0.2) is 0 Å². The van der Waals surface area contributed by atoms with Crippen molar-refractivity contribution in [1.82, 2.24) is 14.9 Å². The molecule has 25 heavy (non-hydrogen) atoms. The van der Waals surface area contributed by atoms with E-state index in [0.717, 1.165) is 10.7 Å². The molecule has 0 unspecified atom stereocenters. The van der Waals surface area contributed by atoms with Crippen LogP contribution in [0, 0.1) is 11.7 Å². The van der Waals surface area contributed by atoms with Gasteiger partial charge in [-0.2, -0.15) is 14.9 Å². The number of benzene rings is 2. The van der Waals surface area contributed by atoms with Gasteiger partial charge in [-0.1, -0.05) is 42.5 Å². The number of hydrogen-bond donors (Lipinski definition) is 1. The van der Waals surface area contributed by atoms with Crippen LogP contribution in [-0.2, 0) is 6.42 Å². The highest BCUT2D eigenvalue weighted by Gasteiger charge is 2.09. The SMILES string of the molecule is Cc1ccc(/C=N\n2c(Cc3cccc4ccccc34)n[nH]c2=S)s1. The van der Waals surface area contributed by atoms with Crippen molar-refractivity contribution in [1.29, 1.82) is 0 Å². The van der Waals surface area contributed by atoms with Gasteiger partial charge in [0.15, 0.2) is 5.82 Å². The Bertz CT molecular complexity index is 1110. The predicted octanol–water partition coefficient (Wildman–Crippen LogP) is 4.94. The number of fused-ring (bicyclic) bond motifs is 1. The van der Waals surface area contributed by atoms with Crippen LogP contribution in [0.25, 0.3) is 10.8 Å². The largest absolute Gasteiger partial charge is 0.250 e. The second kappa shape index (κ2) is 6.74. The fourth-order valence-corrected chi connectivity index (χ4v) is 3.75. The van der Waals surface area contributed by atoms with E-state index >= 15 is 0 Å². The van der Waals surface area contributed by atoms with E-state index in [1.807, 2.05) is 6.21 Å². The molecule has 1 N–H and O–H groups in total. The molecule has 124 valence electrons. The zero-order chi connectivity index (χ0) is 17.2. The molecule has 4 aromatic rings. The number of rotatable bonds is 4. The zero-order valence-electron chi connectivity index (χ0n) is 13.6. The lowest BCUT2D eigenvalue weighted by Gasteiger charge is -2.06. The molecular weight excluding hydrogens is 348 g/mol. The number of nitrogens with zero attached hydrogens (tertiary/aromatic N) is 3. The van der Waals surface area contributed by atoms with Crippen molar-refractivity contribution in [2.45, 2.75) is 13.3 Å². The Morgan fingerprint density at radius 3 is 2.84 bits per heavy atom. The summed E-state index contributed by atoms with van der Waals surface area (Å²) in [5.74, 6) is 0.797. The van der Waals surface area contributed by atoms with E-state index in [0.29, 0.717) is 11.2 Å². The van der Waals surface area contributed by atoms with E-state index in [4.69, 9.17) is 12.2 Å². The van der Waals surface area contributed by atoms with Gasteiger partial charge in [0, 0.05) is 16.2 Å². The van der Waals surface area contributed by atoms with E-state index in [-0.39, 0.29) is 0 Å². The maximum absolute atomic E-state index is 5.34. The summed E-state index contributed by atoms with van der Waals surface area (Å²) < 4.78 is 2.20. The van der Waals surface area contributed by atoms with Crippen LogP contribution in [0.4, 0.5) is 0 Å². The Morgan fingerprint density at radius 1 is 1.16 bits per heavy atom. The molecule has 0 spiro atoms. The highest BCUT2D eigenvalue weighted by Crippen LogP contribution is 2.21. The summed E-state index contributed by atoms with van der Waals surface area (Å²) in [5, 5.41) is 14.2. The molecule has 0 atom stereocenters. The lowest BCUT2D eigenvalue weighted by molar-refractivity contribution is 0.793. The normalized spacial score (nSPS) is 11.6. The summed E-state index contributed by atoms with van der Waals surface area (Å²) in [4.78, 5) is 2.35. The van der Waals surface area contributed by atoms with Gasteiger partial charge < -0.3 is 0 Å². The summed E-state index contributed by atoms with van der Waals surface area (Å²) in [5.41, 5.74) is 1.20. The van der Waals surface area contributed by atoms with Gasteiger partial charge in [0.05, 0.1) is 6.21 Å². The molecule has 6 heteroatoms. The van der Waals surface area contributed by atoms with Crippen LogP contribution in [-0.4, -0.2) is 21.1 Å². The monoisotopic (exact) mass is 364 g/mol. The number of hydrogen-bond acceptors (Lipinski definition) is 4. The summed E-state index contributed by atoms with van der Waals surface area (Å²) in [7, 11) is 0. The molecule has 0 saturated heterocycles. The average molecular weight is 364 g/mol. The smallest absolute Gasteiger partial charge is 0.216 e. The van der Waals surface area contributed by atoms with Gasteiger partial charge >= 0.3 is 0 Å². The van der Waals surface area contributed by atoms with Gasteiger partial charge in [-0.3, -0.25) is 5.10 Å². The molecule has 2 aromatic heterocycles. The summed E-state index contributed by atoms with van der Waals surface area (Å²) in [6.07, 6.45) is 2.49. The molecule has 0 bridgehead atoms. The van der Waals surface area contributed by atoms with Crippen molar-refractivity contribution in [3.63, 3.8) is 0 Å². The third-order valence-corrected chi connectivity index (χ3v) is 5.21. The Kier molecular flexibility index (Phi) is 4.29. The maximum atomic E-state index is 5.34. The first-order valence-electron chi connectivity index (χ1n) is 7.94. The number of nitrogens with one attached hydrogen (secondary N) is 1. The van der Waals surface area contributed by atoms with Crippen LogP contribution in [0.1, 0.15) is 21.1 Å². The molecule has 2 aromatic carbocycles. The first kappa shape index (κ1) is 15.9. The number of aromatic nitrogens is 3. The summed E-state index contributed by atoms with van der Waals surface area (Å²) >= 11 is 7.04. The van der Waals surface area contributed by atoms with Crippen LogP contribution in [0.5, 0.6) is 0 Å². The minimum atomic E-state index is 0.500. The molecular formula is C19H16N4S2. The first-order valence-corrected chi connectivity index (χ1v) is 9.17. The number of H-pyrrole nitrogens is 1. The Morgan fingerprint density at radius 2 is 2.00 bits per heavy atom. The number of aryl methyl sites for hydroxylation is 1. The molecule has 0 aliphatic heterocycles. The highest BCUT2D eigenvalue weighted by molar-refractivity contribution is 7.71. The highest BCUT2D eigenvalue weighted by atomic mass is 32.1. The fraction of sp³-hybridized carbons (Fsp3) is 0.105. The molecule has 4 rings (SSSR count). The van der Waals surface area contributed by atoms with E-state index in [9.17, 15) is 0 Å². The van der Waals surface area contributed by atoms with Crippen molar-refractivity contribution < 1.29 is 0 Å². The van der Waals surface area contributed by atoms with Gasteiger partial charge in [0.2, 0.25) is 4.77 Å². The van der Waals surface area contributed by atoms with Crippen molar-refractivity contribution >= 4 is 40.5 Å². The summed E-state index contributed by atoms with van der Waals surface area (Å²) in [6.45, 7) is 2.08. The van der Waals surface area contributed by atoms with Gasteiger partial charge in [0.1, 0.15) is 0 Å². The fourth-order valence-electron chi connectivity index (χ4n) is 2.81. The summed E-state index contributed by atoms with van der Waals surface area (Å²) in [6, 6.07) is 18.8. The Balaban J connectivity index is 1.70. The van der Waals surface area contributed by atoms with Crippen LogP contribution >= 0.6 is 23.6 Å². The minimum Gasteiger partial charge on any atom is -0.250 e. The van der Waals surface area contributed by atoms with E-state index in [2.05, 4.69) is 76.8 Å². The zero-order valence-corrected chi connectivity index (χ0v) is 15.3. The second-order valence-corrected chi connectivity index (χ2v) is 7.47. The minimum absolute atomic E-state index is 0.500. The third kappa shape index (κ3) is 3.31. The standard InChI is InChI=1S/C19H16N4S2/c1-13-9-10-16(25-13)12-20-23-18(21-22-19(23)24)11-15-7-4-6-14-5-2-3-8-17(14)15/h2-10,12H,11H2,1H3,(H,22,24)/b20-12-. The van der Waals surface area contributed by atoms with Crippen molar-refractivity contribution in [2.75, 3.05) is 0 Å². The quantitative estimate of drug-likeness (QED) is 0.412. The van der Waals surface area contributed by atoms with Crippen LogP contribution in [0.3, 0.4) is 0 Å². The van der Waals surface area contributed by atoms with E-state index in [1.54, 1.807) is 16.0 Å². The van der Waals surface area contributed by atoms with E-state index in [1.165, 1.54) is 21.2 Å². The molecule has 0 aliphatic rings. The lowest BCUT2D eigenvalue weighted by atomic mass is 10.0. The molecule has 0 saturated carbocycles. The maximum Gasteiger partial charge on any atom is 0.216 e. The predicted molar refractivity (Wildman–Crippen MR) is 106 cm³/mol. The van der Waals surface area contributed by atoms with Crippen molar-refractivity contribution in [3.8, 4) is 0 Å². The Hall–Kier alpha value is -2.57. The Labute approximate surface area is 154 Å². The van der Waals surface area contributed by atoms with Gasteiger partial charge in [-0.15, -0.1) is 11.3 Å². The second-order valence-electron chi connectivity index (χ2n) is 5.76. The van der Waals surface area contributed by atoms with Gasteiger partial charge in [0.25, 0.3) is 0 Å². The topological polar surface area (TPSA) is 46.0 Å². The molecule has 0 radical (unpaired) electrons. The molecule has 0 aliphatic carbocycles. The van der Waals surface area contributed by atoms with Crippen LogP contribution in [0.2, 0.25) is 0 Å². The number of thiophene rings is 1. The van der Waals surface area contributed by atoms with Crippen molar-refractivity contribution in [3.05, 3.63) is 80.5 Å². The lowest BCUT2D eigenvalue weighted by Crippen LogP contribution is -2.00. The number of aromatic amines is 1. The van der Waals surface area contributed by atoms with Crippen LogP contribution < -0.4 is 0 Å². The average Bonchev–Trinajstić information content (AvgIpc) is 3.19. The van der Waals surface area contributed by atoms with Crippen molar-refractivity contribution in [2.24, 2.45) is 5.10 Å². The molecule has 0 fully saturated rings. The van der Waals surface area contributed by atoms with Crippen LogP contribution in [0.15, 0.2) is 59.7 Å². The first-order chi connectivity index (χ1) is 12.2. The van der Waals surface area contributed by atoms with Gasteiger partial charge in [-0.05, 0) is 47.6 Å².